The van der Waals surface area contributed by atoms with Gasteiger partial charge in [-0.25, -0.2) is 4.79 Å². The molecule has 2 aromatic rings. The molecule has 2 unspecified atom stereocenters. The molecule has 0 spiro atoms. The number of hydrogen-bond acceptors (Lipinski definition) is 5. The van der Waals surface area contributed by atoms with Crippen LogP contribution in [0.1, 0.15) is 42.3 Å². The van der Waals surface area contributed by atoms with Gasteiger partial charge < -0.3 is 15.2 Å². The number of ketones is 1. The zero-order chi connectivity index (χ0) is 19.6. The monoisotopic (exact) mass is 370 g/mol. The Morgan fingerprint density at radius 2 is 1.85 bits per heavy atom. The fourth-order valence-corrected chi connectivity index (χ4v) is 2.66. The summed E-state index contributed by atoms with van der Waals surface area (Å²) in [6.07, 6.45) is -0.903. The first kappa shape index (κ1) is 20.6. The molecule has 0 aromatic heterocycles. The highest BCUT2D eigenvalue weighted by Crippen LogP contribution is 2.16. The summed E-state index contributed by atoms with van der Waals surface area (Å²) < 4.78 is 4.83. The Bertz CT molecular complexity index is 749. The number of carbonyl (C=O) groups excluding carboxylic acids is 2. The van der Waals surface area contributed by atoms with E-state index in [4.69, 9.17) is 4.74 Å². The lowest BCUT2D eigenvalue weighted by atomic mass is 10.0. The van der Waals surface area contributed by atoms with Crippen LogP contribution in [0.25, 0.3) is 0 Å². The summed E-state index contributed by atoms with van der Waals surface area (Å²) in [5.74, 6) is -0.0450. The molecule has 27 heavy (non-hydrogen) atoms. The molecule has 0 heterocycles. The van der Waals surface area contributed by atoms with Gasteiger partial charge >= 0.3 is 6.09 Å². The first-order valence-electron chi connectivity index (χ1n) is 9.04. The van der Waals surface area contributed by atoms with Crippen molar-refractivity contribution < 1.29 is 19.4 Å². The summed E-state index contributed by atoms with van der Waals surface area (Å²) >= 11 is 0. The van der Waals surface area contributed by atoms with Gasteiger partial charge in [0.25, 0.3) is 0 Å². The molecule has 2 aromatic carbocycles. The lowest BCUT2D eigenvalue weighted by Crippen LogP contribution is -2.33. The average Bonchev–Trinajstić information content (AvgIpc) is 2.68. The van der Waals surface area contributed by atoms with Gasteiger partial charge in [0.1, 0.15) is 0 Å². The number of aliphatic hydroxyl groups is 1. The lowest BCUT2D eigenvalue weighted by molar-refractivity contribution is 0.0972. The molecular formula is C21H26N2O4. The highest BCUT2D eigenvalue weighted by atomic mass is 16.5. The zero-order valence-corrected chi connectivity index (χ0v) is 15.6. The Hall–Kier alpha value is -2.70. The quantitative estimate of drug-likeness (QED) is 0.588. The van der Waals surface area contributed by atoms with Crippen LogP contribution >= 0.6 is 0 Å². The molecule has 6 heteroatoms. The van der Waals surface area contributed by atoms with Crippen molar-refractivity contribution in [1.82, 2.24) is 5.32 Å². The van der Waals surface area contributed by atoms with E-state index in [0.717, 1.165) is 5.56 Å². The Labute approximate surface area is 159 Å². The van der Waals surface area contributed by atoms with Crippen molar-refractivity contribution in [3.05, 3.63) is 65.7 Å². The number of Topliss-reactive ketones (excluding diaryl/α,β-unsaturated/α-hetero) is 1. The topological polar surface area (TPSA) is 87.7 Å². The zero-order valence-electron chi connectivity index (χ0n) is 15.6. The molecular weight excluding hydrogens is 344 g/mol. The minimum absolute atomic E-state index is 0.0450. The Morgan fingerprint density at radius 3 is 2.56 bits per heavy atom. The molecule has 0 aliphatic rings. The lowest BCUT2D eigenvalue weighted by Gasteiger charge is -2.20. The van der Waals surface area contributed by atoms with Crippen molar-refractivity contribution >= 4 is 17.6 Å². The normalized spacial score (nSPS) is 12.9. The number of ether oxygens (including phenoxy) is 1. The van der Waals surface area contributed by atoms with Gasteiger partial charge in [0, 0.05) is 30.3 Å². The van der Waals surface area contributed by atoms with E-state index < -0.39 is 12.2 Å². The molecule has 0 bridgehead atoms. The second-order valence-corrected chi connectivity index (χ2v) is 6.20. The largest absolute Gasteiger partial charge is 0.450 e. The molecule has 0 saturated carbocycles. The van der Waals surface area contributed by atoms with Crippen LogP contribution in [0.2, 0.25) is 0 Å². The fourth-order valence-electron chi connectivity index (χ4n) is 2.66. The van der Waals surface area contributed by atoms with E-state index in [1.165, 1.54) is 0 Å². The van der Waals surface area contributed by atoms with Gasteiger partial charge in [0.2, 0.25) is 0 Å². The molecule has 2 atom stereocenters. The van der Waals surface area contributed by atoms with E-state index in [1.807, 2.05) is 37.3 Å². The molecule has 0 fully saturated rings. The molecule has 3 N–H and O–H groups in total. The summed E-state index contributed by atoms with van der Waals surface area (Å²) in [7, 11) is 0. The predicted molar refractivity (Wildman–Crippen MR) is 105 cm³/mol. The second kappa shape index (κ2) is 10.4. The van der Waals surface area contributed by atoms with Crippen LogP contribution in [0.15, 0.2) is 54.6 Å². The Kier molecular flexibility index (Phi) is 7.98. The van der Waals surface area contributed by atoms with Gasteiger partial charge in [-0.05, 0) is 31.5 Å². The second-order valence-electron chi connectivity index (χ2n) is 6.20. The minimum Gasteiger partial charge on any atom is -0.450 e. The van der Waals surface area contributed by atoms with Crippen LogP contribution in [0.5, 0.6) is 0 Å². The first-order chi connectivity index (χ1) is 13.0. The predicted octanol–water partition coefficient (Wildman–Crippen LogP) is 3.54. The van der Waals surface area contributed by atoms with Crippen molar-refractivity contribution in [3.8, 4) is 0 Å². The van der Waals surface area contributed by atoms with Crippen molar-refractivity contribution in [2.24, 2.45) is 0 Å². The number of anilines is 1. The molecule has 0 saturated heterocycles. The molecule has 0 aliphatic carbocycles. The van der Waals surface area contributed by atoms with Crippen molar-refractivity contribution in [2.75, 3.05) is 18.5 Å². The van der Waals surface area contributed by atoms with Gasteiger partial charge in [0.15, 0.2) is 5.78 Å². The van der Waals surface area contributed by atoms with Crippen LogP contribution in [0.4, 0.5) is 10.5 Å². The number of benzene rings is 2. The van der Waals surface area contributed by atoms with Crippen LogP contribution in [0, 0.1) is 0 Å². The Balaban J connectivity index is 1.84. The molecule has 6 nitrogen and oxygen atoms in total. The number of nitrogens with one attached hydrogen (secondary N) is 2. The van der Waals surface area contributed by atoms with Gasteiger partial charge in [0.05, 0.1) is 12.7 Å². The standard InChI is InChI=1S/C21H26N2O4/c1-3-27-21(26)23-18-11-7-10-17(14-18)19(24)12-13-22-15(2)20(25)16-8-5-4-6-9-16/h4-11,14-15,20,22,25H,3,12-13H2,1-2H3,(H,23,26). The Morgan fingerprint density at radius 1 is 1.11 bits per heavy atom. The summed E-state index contributed by atoms with van der Waals surface area (Å²) in [6, 6.07) is 16.0. The first-order valence-corrected chi connectivity index (χ1v) is 9.04. The smallest absolute Gasteiger partial charge is 0.411 e. The van der Waals surface area contributed by atoms with Crippen molar-refractivity contribution in [1.29, 1.82) is 0 Å². The van der Waals surface area contributed by atoms with E-state index in [1.54, 1.807) is 31.2 Å². The third kappa shape index (κ3) is 6.51. The number of rotatable bonds is 9. The maximum absolute atomic E-state index is 12.4. The van der Waals surface area contributed by atoms with E-state index in [-0.39, 0.29) is 24.9 Å². The van der Waals surface area contributed by atoms with Crippen LogP contribution in [-0.2, 0) is 4.74 Å². The average molecular weight is 370 g/mol. The van der Waals surface area contributed by atoms with Crippen molar-refractivity contribution in [2.45, 2.75) is 32.4 Å². The van der Waals surface area contributed by atoms with Gasteiger partial charge in [-0.3, -0.25) is 10.1 Å². The number of hydrogen-bond donors (Lipinski definition) is 3. The molecule has 0 radical (unpaired) electrons. The maximum Gasteiger partial charge on any atom is 0.411 e. The maximum atomic E-state index is 12.4. The SMILES string of the molecule is CCOC(=O)Nc1cccc(C(=O)CCNC(C)C(O)c2ccccc2)c1. The minimum atomic E-state index is -0.640. The summed E-state index contributed by atoms with van der Waals surface area (Å²) in [6.45, 7) is 4.33. The summed E-state index contributed by atoms with van der Waals surface area (Å²) in [5, 5.41) is 16.1. The van der Waals surface area contributed by atoms with E-state index in [2.05, 4.69) is 10.6 Å². The van der Waals surface area contributed by atoms with Crippen molar-refractivity contribution in [3.63, 3.8) is 0 Å². The van der Waals surface area contributed by atoms with Crippen LogP contribution < -0.4 is 10.6 Å². The van der Waals surface area contributed by atoms with Gasteiger partial charge in [-0.1, -0.05) is 42.5 Å². The fraction of sp³-hybridized carbons (Fsp3) is 0.333. The highest BCUT2D eigenvalue weighted by molar-refractivity contribution is 5.97. The van der Waals surface area contributed by atoms with Crippen LogP contribution in [-0.4, -0.2) is 36.2 Å². The van der Waals surface area contributed by atoms with E-state index >= 15 is 0 Å². The van der Waals surface area contributed by atoms with E-state index in [0.29, 0.717) is 17.8 Å². The molecule has 144 valence electrons. The third-order valence-electron chi connectivity index (χ3n) is 4.14. The highest BCUT2D eigenvalue weighted by Gasteiger charge is 2.16. The summed E-state index contributed by atoms with van der Waals surface area (Å²) in [4.78, 5) is 23.9. The summed E-state index contributed by atoms with van der Waals surface area (Å²) in [5.41, 5.74) is 1.86. The molecule has 2 rings (SSSR count). The number of carbonyl (C=O) groups is 2. The number of amides is 1. The third-order valence-corrected chi connectivity index (χ3v) is 4.14. The van der Waals surface area contributed by atoms with Gasteiger partial charge in [-0.15, -0.1) is 0 Å². The number of aliphatic hydroxyl groups excluding tert-OH is 1. The molecule has 1 amide bonds. The van der Waals surface area contributed by atoms with Gasteiger partial charge in [-0.2, -0.15) is 0 Å². The van der Waals surface area contributed by atoms with Crippen LogP contribution in [0.3, 0.4) is 0 Å². The van der Waals surface area contributed by atoms with E-state index in [9.17, 15) is 14.7 Å². The molecule has 0 aliphatic heterocycles.